The van der Waals surface area contributed by atoms with Crippen LogP contribution in [0.3, 0.4) is 0 Å². The Labute approximate surface area is 109 Å². The molecule has 0 atom stereocenters. The Balaban J connectivity index is 1.79. The summed E-state index contributed by atoms with van der Waals surface area (Å²) in [6, 6.07) is 6.48. The Hall–Kier alpha value is -1.95. The van der Waals surface area contributed by atoms with E-state index in [0.29, 0.717) is 19.0 Å². The van der Waals surface area contributed by atoms with E-state index in [4.69, 9.17) is 4.42 Å². The van der Waals surface area contributed by atoms with Gasteiger partial charge in [-0.15, -0.1) is 0 Å². The molecule has 0 saturated heterocycles. The second-order valence-corrected chi connectivity index (χ2v) is 3.99. The molecule has 19 heavy (non-hydrogen) atoms. The Kier molecular flexibility index (Phi) is 4.46. The third kappa shape index (κ3) is 4.33. The number of nitrogens with zero attached hydrogens (tertiary/aromatic N) is 1. The first-order chi connectivity index (χ1) is 9.13. The van der Waals surface area contributed by atoms with Crippen LogP contribution in [0.15, 0.2) is 34.9 Å². The van der Waals surface area contributed by atoms with Crippen LogP contribution >= 0.6 is 0 Å². The van der Waals surface area contributed by atoms with E-state index in [0.717, 1.165) is 11.3 Å². The summed E-state index contributed by atoms with van der Waals surface area (Å²) in [6.07, 6.45) is 1.66. The van der Waals surface area contributed by atoms with Gasteiger partial charge in [-0.05, 0) is 24.6 Å². The summed E-state index contributed by atoms with van der Waals surface area (Å²) in [6.45, 7) is 0.148. The number of oxazole rings is 1. The lowest BCUT2D eigenvalue weighted by Gasteiger charge is -2.06. The van der Waals surface area contributed by atoms with E-state index in [9.17, 15) is 8.78 Å². The molecule has 1 N–H and O–H groups in total. The maximum absolute atomic E-state index is 12.0. The Morgan fingerprint density at radius 1 is 1.26 bits per heavy atom. The SMILES string of the molecule is Cc1cnc(CNCc2ccc(OC(F)F)cc2)o1. The fraction of sp³-hybridized carbons (Fsp3) is 0.308. The molecule has 0 aliphatic rings. The van der Waals surface area contributed by atoms with E-state index in [1.165, 1.54) is 12.1 Å². The summed E-state index contributed by atoms with van der Waals surface area (Å²) in [4.78, 5) is 4.06. The molecule has 2 aromatic rings. The first-order valence-electron chi connectivity index (χ1n) is 5.79. The topological polar surface area (TPSA) is 47.3 Å². The fourth-order valence-electron chi connectivity index (χ4n) is 1.59. The van der Waals surface area contributed by atoms with E-state index < -0.39 is 6.61 Å². The van der Waals surface area contributed by atoms with Crippen molar-refractivity contribution in [1.29, 1.82) is 0 Å². The first kappa shape index (κ1) is 13.5. The van der Waals surface area contributed by atoms with Crippen LogP contribution in [0.4, 0.5) is 8.78 Å². The minimum Gasteiger partial charge on any atom is -0.445 e. The molecule has 0 aliphatic carbocycles. The summed E-state index contributed by atoms with van der Waals surface area (Å²) in [5.41, 5.74) is 0.963. The predicted octanol–water partition coefficient (Wildman–Crippen LogP) is 2.87. The third-order valence-corrected chi connectivity index (χ3v) is 2.42. The number of ether oxygens (including phenoxy) is 1. The highest BCUT2D eigenvalue weighted by Gasteiger charge is 2.04. The predicted molar refractivity (Wildman–Crippen MR) is 64.9 cm³/mol. The van der Waals surface area contributed by atoms with Gasteiger partial charge in [-0.3, -0.25) is 0 Å². The van der Waals surface area contributed by atoms with Crippen molar-refractivity contribution in [3.63, 3.8) is 0 Å². The van der Waals surface area contributed by atoms with Gasteiger partial charge in [0.25, 0.3) is 0 Å². The first-order valence-corrected chi connectivity index (χ1v) is 5.79. The zero-order valence-electron chi connectivity index (χ0n) is 10.4. The summed E-state index contributed by atoms with van der Waals surface area (Å²) in [5, 5.41) is 3.15. The number of benzene rings is 1. The van der Waals surface area contributed by atoms with E-state index in [1.807, 2.05) is 6.92 Å². The lowest BCUT2D eigenvalue weighted by molar-refractivity contribution is -0.0498. The van der Waals surface area contributed by atoms with Crippen molar-refractivity contribution in [2.45, 2.75) is 26.6 Å². The smallest absolute Gasteiger partial charge is 0.387 e. The van der Waals surface area contributed by atoms with Gasteiger partial charge in [-0.2, -0.15) is 8.78 Å². The van der Waals surface area contributed by atoms with Crippen LogP contribution in [0.25, 0.3) is 0 Å². The molecule has 0 fully saturated rings. The zero-order valence-corrected chi connectivity index (χ0v) is 10.4. The molecule has 0 unspecified atom stereocenters. The van der Waals surface area contributed by atoms with E-state index in [2.05, 4.69) is 15.0 Å². The van der Waals surface area contributed by atoms with Gasteiger partial charge in [0.15, 0.2) is 0 Å². The van der Waals surface area contributed by atoms with Crippen molar-refractivity contribution in [1.82, 2.24) is 10.3 Å². The molecular weight excluding hydrogens is 254 g/mol. The van der Waals surface area contributed by atoms with Crippen LogP contribution in [0.2, 0.25) is 0 Å². The number of alkyl halides is 2. The number of aryl methyl sites for hydroxylation is 1. The van der Waals surface area contributed by atoms with Crippen LogP contribution in [0, 0.1) is 6.92 Å². The summed E-state index contributed by atoms with van der Waals surface area (Å²) >= 11 is 0. The van der Waals surface area contributed by atoms with E-state index >= 15 is 0 Å². The molecule has 2 rings (SSSR count). The maximum atomic E-state index is 12.0. The summed E-state index contributed by atoms with van der Waals surface area (Å²) in [5.74, 6) is 1.54. The molecular formula is C13H14F2N2O2. The number of hydrogen-bond acceptors (Lipinski definition) is 4. The highest BCUT2D eigenvalue weighted by atomic mass is 19.3. The van der Waals surface area contributed by atoms with Crippen LogP contribution in [0.5, 0.6) is 5.75 Å². The van der Waals surface area contributed by atoms with E-state index in [1.54, 1.807) is 18.3 Å². The molecule has 0 spiro atoms. The second kappa shape index (κ2) is 6.29. The Morgan fingerprint density at radius 3 is 2.58 bits per heavy atom. The number of halogens is 2. The second-order valence-electron chi connectivity index (χ2n) is 3.99. The standard InChI is InChI=1S/C13H14F2N2O2/c1-9-6-17-12(18-9)8-16-7-10-2-4-11(5-3-10)19-13(14)15/h2-6,13,16H,7-8H2,1H3. The highest BCUT2D eigenvalue weighted by molar-refractivity contribution is 5.27. The van der Waals surface area contributed by atoms with Crippen molar-refractivity contribution < 1.29 is 17.9 Å². The number of hydrogen-bond donors (Lipinski definition) is 1. The van der Waals surface area contributed by atoms with Gasteiger partial charge < -0.3 is 14.5 Å². The Morgan fingerprint density at radius 2 is 2.00 bits per heavy atom. The van der Waals surface area contributed by atoms with E-state index in [-0.39, 0.29) is 5.75 Å². The van der Waals surface area contributed by atoms with Gasteiger partial charge in [-0.1, -0.05) is 12.1 Å². The molecule has 6 heteroatoms. The number of nitrogens with one attached hydrogen (secondary N) is 1. The van der Waals surface area contributed by atoms with Gasteiger partial charge in [-0.25, -0.2) is 4.98 Å². The summed E-state index contributed by atoms with van der Waals surface area (Å²) in [7, 11) is 0. The largest absolute Gasteiger partial charge is 0.445 e. The Bertz CT molecular complexity index is 512. The lowest BCUT2D eigenvalue weighted by Crippen LogP contribution is -2.12. The molecule has 0 amide bonds. The number of aromatic nitrogens is 1. The van der Waals surface area contributed by atoms with Gasteiger partial charge in [0, 0.05) is 6.54 Å². The van der Waals surface area contributed by atoms with Crippen LogP contribution in [-0.2, 0) is 13.1 Å². The normalized spacial score (nSPS) is 10.9. The zero-order chi connectivity index (χ0) is 13.7. The monoisotopic (exact) mass is 268 g/mol. The molecule has 1 aromatic carbocycles. The van der Waals surface area contributed by atoms with Crippen molar-refractivity contribution in [2.24, 2.45) is 0 Å². The van der Waals surface area contributed by atoms with Gasteiger partial charge in [0.05, 0.1) is 12.7 Å². The molecule has 1 heterocycles. The van der Waals surface area contributed by atoms with Crippen LogP contribution in [-0.4, -0.2) is 11.6 Å². The minimum atomic E-state index is -2.79. The molecule has 4 nitrogen and oxygen atoms in total. The average Bonchev–Trinajstić information content (AvgIpc) is 2.77. The molecule has 1 aromatic heterocycles. The molecule has 0 radical (unpaired) electrons. The summed E-state index contributed by atoms with van der Waals surface area (Å²) < 4.78 is 33.5. The number of rotatable bonds is 6. The van der Waals surface area contributed by atoms with Gasteiger partial charge in [0.1, 0.15) is 11.5 Å². The van der Waals surface area contributed by atoms with Gasteiger partial charge >= 0.3 is 6.61 Å². The molecule has 0 saturated carbocycles. The third-order valence-electron chi connectivity index (χ3n) is 2.42. The molecule has 0 aliphatic heterocycles. The van der Waals surface area contributed by atoms with Crippen LogP contribution < -0.4 is 10.1 Å². The quantitative estimate of drug-likeness (QED) is 0.875. The highest BCUT2D eigenvalue weighted by Crippen LogP contribution is 2.14. The minimum absolute atomic E-state index is 0.155. The van der Waals surface area contributed by atoms with Crippen molar-refractivity contribution in [3.8, 4) is 5.75 Å². The lowest BCUT2D eigenvalue weighted by atomic mass is 10.2. The molecule has 102 valence electrons. The van der Waals surface area contributed by atoms with Crippen molar-refractivity contribution in [2.75, 3.05) is 0 Å². The van der Waals surface area contributed by atoms with Crippen molar-refractivity contribution >= 4 is 0 Å². The van der Waals surface area contributed by atoms with Gasteiger partial charge in [0.2, 0.25) is 5.89 Å². The fourth-order valence-corrected chi connectivity index (χ4v) is 1.59. The van der Waals surface area contributed by atoms with Crippen LogP contribution in [0.1, 0.15) is 17.2 Å². The molecule has 0 bridgehead atoms. The van der Waals surface area contributed by atoms with Crippen molar-refractivity contribution in [3.05, 3.63) is 47.7 Å². The maximum Gasteiger partial charge on any atom is 0.387 e. The average molecular weight is 268 g/mol.